The molecule has 2 heterocycles. The second-order valence-electron chi connectivity index (χ2n) is 21.1. The summed E-state index contributed by atoms with van der Waals surface area (Å²) in [6.07, 6.45) is 0. The van der Waals surface area contributed by atoms with Crippen molar-refractivity contribution in [2.24, 2.45) is 0 Å². The third-order valence-corrected chi connectivity index (χ3v) is 16.6. The van der Waals surface area contributed by atoms with Crippen molar-refractivity contribution in [2.45, 2.75) is 5.41 Å². The lowest BCUT2D eigenvalue weighted by Crippen LogP contribution is -2.25. The number of aromatic nitrogens is 4. The van der Waals surface area contributed by atoms with Crippen LogP contribution in [0.1, 0.15) is 22.3 Å². The molecule has 0 saturated heterocycles. The molecule has 16 rings (SSSR count). The normalized spacial score (nSPS) is 12.6. The van der Waals surface area contributed by atoms with Crippen LogP contribution in [0.4, 0.5) is 0 Å². The van der Waals surface area contributed by atoms with Gasteiger partial charge in [0.1, 0.15) is 0 Å². The van der Waals surface area contributed by atoms with E-state index in [1.165, 1.54) is 44.5 Å². The first-order chi connectivity index (χ1) is 39.6. The van der Waals surface area contributed by atoms with Gasteiger partial charge in [0, 0.05) is 21.9 Å². The van der Waals surface area contributed by atoms with Crippen molar-refractivity contribution >= 4 is 21.8 Å². The minimum absolute atomic E-state index is 0.534. The predicted molar refractivity (Wildman–Crippen MR) is 329 cm³/mol. The molecular formula is C76H48N4. The van der Waals surface area contributed by atoms with Gasteiger partial charge in [-0.3, -0.25) is 4.57 Å². The van der Waals surface area contributed by atoms with Crippen molar-refractivity contribution in [3.05, 3.63) is 313 Å². The molecule has 0 bridgehead atoms. The highest BCUT2D eigenvalue weighted by atomic mass is 15.2. The fraction of sp³-hybridized carbons (Fsp3) is 0.0132. The van der Waals surface area contributed by atoms with Gasteiger partial charge in [0.15, 0.2) is 11.6 Å². The third-order valence-electron chi connectivity index (χ3n) is 16.6. The summed E-state index contributed by atoms with van der Waals surface area (Å²) in [4.78, 5) is 17.0. The summed E-state index contributed by atoms with van der Waals surface area (Å²) in [5.74, 6) is 1.68. The van der Waals surface area contributed by atoms with E-state index < -0.39 is 5.41 Å². The fourth-order valence-electron chi connectivity index (χ4n) is 13.1. The SMILES string of the molecule is c1ccc(-c2cc(-c3ccccc3)cc(-c3nc(-c4cc(-c5ccccc5)cc(-c5ccccc5)c4)nc(-n4c5ccc(-c6ccccc6)cc5c5cc6c(cc54)C4(c5ccccc5-c5ccccc54)c4ccccc4-6)n3)c2)cc1. The number of rotatable bonds is 8. The number of hydrogen-bond donors (Lipinski definition) is 0. The van der Waals surface area contributed by atoms with E-state index >= 15 is 0 Å². The van der Waals surface area contributed by atoms with Gasteiger partial charge in [0.2, 0.25) is 5.95 Å². The maximum absolute atomic E-state index is 5.72. The van der Waals surface area contributed by atoms with Gasteiger partial charge in [-0.2, -0.15) is 9.97 Å². The van der Waals surface area contributed by atoms with Crippen molar-refractivity contribution < 1.29 is 0 Å². The van der Waals surface area contributed by atoms with Gasteiger partial charge in [-0.25, -0.2) is 4.98 Å². The quantitative estimate of drug-likeness (QED) is 0.152. The van der Waals surface area contributed by atoms with Crippen LogP contribution in [0.5, 0.6) is 0 Å². The van der Waals surface area contributed by atoms with Crippen molar-refractivity contribution in [3.63, 3.8) is 0 Å². The molecule has 0 aliphatic heterocycles. The lowest BCUT2D eigenvalue weighted by Gasteiger charge is -2.30. The topological polar surface area (TPSA) is 43.6 Å². The first-order valence-corrected chi connectivity index (χ1v) is 27.4. The Morgan fingerprint density at radius 2 is 0.575 bits per heavy atom. The molecule has 0 radical (unpaired) electrons. The summed E-state index contributed by atoms with van der Waals surface area (Å²) >= 11 is 0. The molecular weight excluding hydrogens is 969 g/mol. The van der Waals surface area contributed by atoms with E-state index in [1.807, 2.05) is 0 Å². The lowest BCUT2D eigenvalue weighted by molar-refractivity contribution is 0.794. The molecule has 80 heavy (non-hydrogen) atoms. The molecule has 0 fully saturated rings. The second-order valence-corrected chi connectivity index (χ2v) is 21.1. The smallest absolute Gasteiger partial charge is 0.238 e. The van der Waals surface area contributed by atoms with E-state index in [1.54, 1.807) is 0 Å². The van der Waals surface area contributed by atoms with Crippen LogP contribution in [0.3, 0.4) is 0 Å². The van der Waals surface area contributed by atoms with Crippen molar-refractivity contribution in [1.82, 2.24) is 19.5 Å². The number of nitrogens with zero attached hydrogens (tertiary/aromatic N) is 4. The molecule has 0 unspecified atom stereocenters. The maximum atomic E-state index is 5.72. The summed E-state index contributed by atoms with van der Waals surface area (Å²) in [6, 6.07) is 106. The average Bonchev–Trinajstić information content (AvgIpc) is 3.14. The number of hydrogen-bond acceptors (Lipinski definition) is 3. The van der Waals surface area contributed by atoms with Gasteiger partial charge in [-0.15, -0.1) is 0 Å². The molecule has 0 amide bonds. The Kier molecular flexibility index (Phi) is 10.4. The van der Waals surface area contributed by atoms with Crippen LogP contribution in [-0.4, -0.2) is 19.5 Å². The Morgan fingerprint density at radius 3 is 1.00 bits per heavy atom. The average molecular weight is 1020 g/mol. The Balaban J connectivity index is 1.02. The molecule has 4 heteroatoms. The zero-order valence-electron chi connectivity index (χ0n) is 43.5. The fourth-order valence-corrected chi connectivity index (χ4v) is 13.1. The monoisotopic (exact) mass is 1020 g/mol. The molecule has 12 aromatic carbocycles. The van der Waals surface area contributed by atoms with Gasteiger partial charge < -0.3 is 0 Å². The summed E-state index contributed by atoms with van der Waals surface area (Å²) in [6.45, 7) is 0. The summed E-state index contributed by atoms with van der Waals surface area (Å²) in [5, 5.41) is 2.24. The van der Waals surface area contributed by atoms with Crippen LogP contribution in [0, 0.1) is 0 Å². The Labute approximate surface area is 464 Å². The van der Waals surface area contributed by atoms with Gasteiger partial charge >= 0.3 is 0 Å². The first-order valence-electron chi connectivity index (χ1n) is 27.4. The van der Waals surface area contributed by atoms with E-state index in [9.17, 15) is 0 Å². The molecule has 14 aromatic rings. The van der Waals surface area contributed by atoms with E-state index in [4.69, 9.17) is 15.0 Å². The number of benzene rings is 12. The second kappa shape index (κ2) is 18.3. The van der Waals surface area contributed by atoms with Crippen molar-refractivity contribution in [2.75, 3.05) is 0 Å². The summed E-state index contributed by atoms with van der Waals surface area (Å²) in [7, 11) is 0. The highest BCUT2D eigenvalue weighted by Crippen LogP contribution is 2.63. The van der Waals surface area contributed by atoms with Crippen LogP contribution in [-0.2, 0) is 5.41 Å². The zero-order chi connectivity index (χ0) is 52.7. The highest BCUT2D eigenvalue weighted by Gasteiger charge is 2.51. The third kappa shape index (κ3) is 7.20. The highest BCUT2D eigenvalue weighted by molar-refractivity contribution is 6.13. The van der Waals surface area contributed by atoms with Crippen molar-refractivity contribution in [1.29, 1.82) is 0 Å². The van der Waals surface area contributed by atoms with Gasteiger partial charge in [-0.05, 0) is 161 Å². The lowest BCUT2D eigenvalue weighted by atomic mass is 9.70. The van der Waals surface area contributed by atoms with Gasteiger partial charge in [0.05, 0.1) is 16.4 Å². The van der Waals surface area contributed by atoms with Crippen LogP contribution in [0.25, 0.3) is 128 Å². The zero-order valence-corrected chi connectivity index (χ0v) is 43.5. The minimum atomic E-state index is -0.559. The Hall–Kier alpha value is -10.6. The van der Waals surface area contributed by atoms with Crippen LogP contribution in [0.15, 0.2) is 291 Å². The van der Waals surface area contributed by atoms with E-state index in [2.05, 4.69) is 296 Å². The Morgan fingerprint density at radius 1 is 0.225 bits per heavy atom. The largest absolute Gasteiger partial charge is 0.278 e. The Bertz CT molecular complexity index is 4430. The van der Waals surface area contributed by atoms with E-state index in [-0.39, 0.29) is 0 Å². The molecule has 4 nitrogen and oxygen atoms in total. The summed E-state index contributed by atoms with van der Waals surface area (Å²) < 4.78 is 2.32. The molecule has 2 aliphatic rings. The van der Waals surface area contributed by atoms with Crippen molar-refractivity contribution in [3.8, 4) is 107 Å². The molecule has 1 spiro atoms. The minimum Gasteiger partial charge on any atom is -0.278 e. The summed E-state index contributed by atoms with van der Waals surface area (Å²) in [5.41, 5.74) is 24.4. The maximum Gasteiger partial charge on any atom is 0.238 e. The molecule has 2 aromatic heterocycles. The molecule has 0 N–H and O–H groups in total. The molecule has 0 atom stereocenters. The molecule has 2 aliphatic carbocycles. The first kappa shape index (κ1) is 45.6. The molecule has 0 saturated carbocycles. The number of fused-ring (bicyclic) bond motifs is 13. The standard InChI is InChI=1S/C76H48N4/c1-6-22-49(23-7-1)54-38-39-71-65(46-54)66-47-64-63-34-18-21-37-69(63)76(67-35-19-16-32-61(67)62-33-17-20-36-68(62)76)70(64)48-72(66)80(71)75-78-73(59-42-55(50-24-8-2-9-25-50)40-56(43-59)51-26-10-3-11-27-51)77-74(79-75)60-44-57(52-28-12-4-13-29-52)41-58(45-60)53-30-14-5-15-31-53/h1-48H. The van der Waals surface area contributed by atoms with E-state index in [0.717, 1.165) is 88.6 Å². The van der Waals surface area contributed by atoms with Gasteiger partial charge in [0.25, 0.3) is 0 Å². The predicted octanol–water partition coefficient (Wildman–Crippen LogP) is 19.0. The van der Waals surface area contributed by atoms with Crippen LogP contribution < -0.4 is 0 Å². The van der Waals surface area contributed by atoms with Crippen LogP contribution in [0.2, 0.25) is 0 Å². The van der Waals surface area contributed by atoms with Crippen LogP contribution >= 0.6 is 0 Å². The van der Waals surface area contributed by atoms with Gasteiger partial charge in [-0.1, -0.05) is 231 Å². The van der Waals surface area contributed by atoms with E-state index in [0.29, 0.717) is 17.6 Å². The molecule has 372 valence electrons.